The normalized spacial score (nSPS) is 10.4. The number of rotatable bonds is 3. The molecule has 2 aromatic heterocycles. The molecule has 21 heavy (non-hydrogen) atoms. The van der Waals surface area contributed by atoms with E-state index in [2.05, 4.69) is 25.3 Å². The minimum absolute atomic E-state index is 0.589. The Morgan fingerprint density at radius 3 is 2.43 bits per heavy atom. The van der Waals surface area contributed by atoms with E-state index in [9.17, 15) is 0 Å². The summed E-state index contributed by atoms with van der Waals surface area (Å²) in [5.74, 6) is 2.05. The Balaban J connectivity index is 2.14. The highest BCUT2D eigenvalue weighted by Gasteiger charge is 2.09. The molecule has 0 aliphatic carbocycles. The summed E-state index contributed by atoms with van der Waals surface area (Å²) in [6.45, 7) is 1.85. The molecule has 1 aromatic carbocycles. The second-order valence-corrected chi connectivity index (χ2v) is 4.57. The standard InChI is InChI=1S/C16H15N5/c1-11-18-9-8-13(19-11)16-20-14(10-15(17-2)21-16)12-6-4-3-5-7-12/h3-10H,1-2H3,(H,17,20,21). The summed E-state index contributed by atoms with van der Waals surface area (Å²) >= 11 is 0. The fourth-order valence-electron chi connectivity index (χ4n) is 2.03. The van der Waals surface area contributed by atoms with Crippen LogP contribution in [0.25, 0.3) is 22.8 Å². The fraction of sp³-hybridized carbons (Fsp3) is 0.125. The molecule has 3 aromatic rings. The third kappa shape index (κ3) is 2.86. The maximum atomic E-state index is 4.62. The van der Waals surface area contributed by atoms with Crippen LogP contribution in [-0.2, 0) is 0 Å². The molecule has 104 valence electrons. The van der Waals surface area contributed by atoms with Gasteiger partial charge in [0.05, 0.1) is 5.69 Å². The van der Waals surface area contributed by atoms with Crippen molar-refractivity contribution in [2.24, 2.45) is 0 Å². The molecule has 2 heterocycles. The maximum Gasteiger partial charge on any atom is 0.180 e. The maximum absolute atomic E-state index is 4.62. The molecular formula is C16H15N5. The molecule has 0 radical (unpaired) electrons. The molecule has 0 aliphatic heterocycles. The second-order valence-electron chi connectivity index (χ2n) is 4.57. The highest BCUT2D eigenvalue weighted by Crippen LogP contribution is 2.23. The monoisotopic (exact) mass is 277 g/mol. The van der Waals surface area contributed by atoms with Gasteiger partial charge in [0.1, 0.15) is 17.3 Å². The molecule has 0 spiro atoms. The van der Waals surface area contributed by atoms with Gasteiger partial charge in [-0.05, 0) is 13.0 Å². The number of hydrogen-bond acceptors (Lipinski definition) is 5. The minimum Gasteiger partial charge on any atom is -0.373 e. The Bertz CT molecular complexity index is 756. The van der Waals surface area contributed by atoms with Crippen molar-refractivity contribution in [3.8, 4) is 22.8 Å². The van der Waals surface area contributed by atoms with Crippen molar-refractivity contribution >= 4 is 5.82 Å². The average Bonchev–Trinajstić information content (AvgIpc) is 2.55. The first-order chi connectivity index (χ1) is 10.3. The molecule has 5 heteroatoms. The molecule has 0 amide bonds. The Kier molecular flexibility index (Phi) is 3.55. The fourth-order valence-corrected chi connectivity index (χ4v) is 2.03. The Hall–Kier alpha value is -2.82. The van der Waals surface area contributed by atoms with E-state index in [1.54, 1.807) is 6.20 Å². The van der Waals surface area contributed by atoms with Crippen molar-refractivity contribution in [3.05, 3.63) is 54.5 Å². The smallest absolute Gasteiger partial charge is 0.180 e. The topological polar surface area (TPSA) is 63.6 Å². The van der Waals surface area contributed by atoms with Crippen LogP contribution in [0.3, 0.4) is 0 Å². The quantitative estimate of drug-likeness (QED) is 0.797. The van der Waals surface area contributed by atoms with E-state index in [0.29, 0.717) is 11.6 Å². The van der Waals surface area contributed by atoms with Gasteiger partial charge in [0.2, 0.25) is 0 Å². The molecule has 0 aliphatic rings. The summed E-state index contributed by atoms with van der Waals surface area (Å²) in [6.07, 6.45) is 1.72. The van der Waals surface area contributed by atoms with Gasteiger partial charge in [-0.15, -0.1) is 0 Å². The first-order valence-electron chi connectivity index (χ1n) is 6.68. The van der Waals surface area contributed by atoms with Gasteiger partial charge >= 0.3 is 0 Å². The van der Waals surface area contributed by atoms with Crippen LogP contribution < -0.4 is 5.32 Å². The molecule has 3 rings (SSSR count). The Labute approximate surface area is 123 Å². The predicted molar refractivity (Wildman–Crippen MR) is 82.8 cm³/mol. The third-order valence-corrected chi connectivity index (χ3v) is 3.06. The SMILES string of the molecule is CNc1cc(-c2ccccc2)nc(-c2ccnc(C)n2)n1. The summed E-state index contributed by atoms with van der Waals surface area (Å²) < 4.78 is 0. The third-order valence-electron chi connectivity index (χ3n) is 3.06. The highest BCUT2D eigenvalue weighted by atomic mass is 15.0. The number of nitrogens with zero attached hydrogens (tertiary/aromatic N) is 4. The molecule has 0 saturated heterocycles. The zero-order chi connectivity index (χ0) is 14.7. The summed E-state index contributed by atoms with van der Waals surface area (Å²) in [6, 6.07) is 13.8. The van der Waals surface area contributed by atoms with Crippen LogP contribution in [0.2, 0.25) is 0 Å². The van der Waals surface area contributed by atoms with E-state index >= 15 is 0 Å². The lowest BCUT2D eigenvalue weighted by Gasteiger charge is -2.08. The summed E-state index contributed by atoms with van der Waals surface area (Å²) in [5.41, 5.74) is 2.63. The van der Waals surface area contributed by atoms with E-state index in [4.69, 9.17) is 0 Å². The zero-order valence-electron chi connectivity index (χ0n) is 11.9. The molecule has 0 atom stereocenters. The van der Waals surface area contributed by atoms with Gasteiger partial charge in [-0.25, -0.2) is 19.9 Å². The largest absolute Gasteiger partial charge is 0.373 e. The molecule has 0 saturated carbocycles. The predicted octanol–water partition coefficient (Wildman–Crippen LogP) is 2.95. The van der Waals surface area contributed by atoms with Crippen LogP contribution in [0, 0.1) is 6.92 Å². The van der Waals surface area contributed by atoms with Gasteiger partial charge in [-0.1, -0.05) is 30.3 Å². The zero-order valence-corrected chi connectivity index (χ0v) is 11.9. The summed E-state index contributed by atoms with van der Waals surface area (Å²) in [5, 5.41) is 3.07. The highest BCUT2D eigenvalue weighted by molar-refractivity contribution is 5.66. The van der Waals surface area contributed by atoms with Crippen LogP contribution in [0.15, 0.2) is 48.7 Å². The van der Waals surface area contributed by atoms with E-state index in [1.807, 2.05) is 56.4 Å². The lowest BCUT2D eigenvalue weighted by molar-refractivity contribution is 1.03. The van der Waals surface area contributed by atoms with E-state index in [1.165, 1.54) is 0 Å². The van der Waals surface area contributed by atoms with E-state index < -0.39 is 0 Å². The van der Waals surface area contributed by atoms with Crippen molar-refractivity contribution < 1.29 is 0 Å². The van der Waals surface area contributed by atoms with Gasteiger partial charge in [-0.2, -0.15) is 0 Å². The number of benzene rings is 1. The van der Waals surface area contributed by atoms with Crippen molar-refractivity contribution in [3.63, 3.8) is 0 Å². The number of hydrogen-bond donors (Lipinski definition) is 1. The molecule has 1 N–H and O–H groups in total. The van der Waals surface area contributed by atoms with Crippen molar-refractivity contribution in [2.75, 3.05) is 12.4 Å². The van der Waals surface area contributed by atoms with Crippen LogP contribution in [0.4, 0.5) is 5.82 Å². The number of nitrogens with one attached hydrogen (secondary N) is 1. The molecular weight excluding hydrogens is 262 g/mol. The number of aryl methyl sites for hydroxylation is 1. The van der Waals surface area contributed by atoms with Crippen LogP contribution in [0.5, 0.6) is 0 Å². The molecule has 0 fully saturated rings. The Morgan fingerprint density at radius 2 is 1.71 bits per heavy atom. The van der Waals surface area contributed by atoms with Crippen LogP contribution in [-0.4, -0.2) is 27.0 Å². The summed E-state index contributed by atoms with van der Waals surface area (Å²) in [4.78, 5) is 17.6. The van der Waals surface area contributed by atoms with Crippen LogP contribution in [0.1, 0.15) is 5.82 Å². The van der Waals surface area contributed by atoms with Crippen molar-refractivity contribution in [2.45, 2.75) is 6.92 Å². The Morgan fingerprint density at radius 1 is 0.905 bits per heavy atom. The number of aromatic nitrogens is 4. The van der Waals surface area contributed by atoms with E-state index in [-0.39, 0.29) is 0 Å². The number of anilines is 1. The van der Waals surface area contributed by atoms with E-state index in [0.717, 1.165) is 22.8 Å². The first-order valence-corrected chi connectivity index (χ1v) is 6.68. The first kappa shape index (κ1) is 13.2. The van der Waals surface area contributed by atoms with Crippen molar-refractivity contribution in [1.82, 2.24) is 19.9 Å². The van der Waals surface area contributed by atoms with Gasteiger partial charge in [-0.3, -0.25) is 0 Å². The average molecular weight is 277 g/mol. The van der Waals surface area contributed by atoms with Gasteiger partial charge in [0.15, 0.2) is 5.82 Å². The molecule has 0 unspecified atom stereocenters. The van der Waals surface area contributed by atoms with Crippen molar-refractivity contribution in [1.29, 1.82) is 0 Å². The van der Waals surface area contributed by atoms with Gasteiger partial charge < -0.3 is 5.32 Å². The lowest BCUT2D eigenvalue weighted by Crippen LogP contribution is -2.00. The molecule has 0 bridgehead atoms. The molecule has 5 nitrogen and oxygen atoms in total. The lowest BCUT2D eigenvalue weighted by atomic mass is 10.1. The van der Waals surface area contributed by atoms with Crippen LogP contribution >= 0.6 is 0 Å². The van der Waals surface area contributed by atoms with Gasteiger partial charge in [0, 0.05) is 24.9 Å². The minimum atomic E-state index is 0.589. The second kappa shape index (κ2) is 5.66. The summed E-state index contributed by atoms with van der Waals surface area (Å²) in [7, 11) is 1.84. The van der Waals surface area contributed by atoms with Gasteiger partial charge in [0.25, 0.3) is 0 Å².